The second-order valence-corrected chi connectivity index (χ2v) is 10.6. The van der Waals surface area contributed by atoms with Gasteiger partial charge < -0.3 is 10.2 Å². The molecule has 1 aromatic rings. The predicted octanol–water partition coefficient (Wildman–Crippen LogP) is 1.42. The van der Waals surface area contributed by atoms with Crippen molar-refractivity contribution in [2.75, 3.05) is 46.8 Å². The number of thiophene rings is 1. The van der Waals surface area contributed by atoms with Gasteiger partial charge in [0.05, 0.1) is 6.54 Å². The van der Waals surface area contributed by atoms with Crippen LogP contribution in [0.1, 0.15) is 31.6 Å². The van der Waals surface area contributed by atoms with E-state index in [0.29, 0.717) is 30.4 Å². The van der Waals surface area contributed by atoms with Crippen molar-refractivity contribution in [3.8, 4) is 0 Å². The summed E-state index contributed by atoms with van der Waals surface area (Å²) in [5.41, 5.74) is 0. The zero-order valence-electron chi connectivity index (χ0n) is 16.8. The zero-order chi connectivity index (χ0) is 20.0. The summed E-state index contributed by atoms with van der Waals surface area (Å²) in [6.07, 6.45) is 2.17. The molecule has 1 aliphatic rings. The first-order chi connectivity index (χ1) is 12.7. The van der Waals surface area contributed by atoms with Gasteiger partial charge in [-0.2, -0.15) is 4.31 Å². The van der Waals surface area contributed by atoms with Crippen molar-refractivity contribution in [1.29, 1.82) is 0 Å². The van der Waals surface area contributed by atoms with E-state index in [9.17, 15) is 13.2 Å². The van der Waals surface area contributed by atoms with Crippen molar-refractivity contribution in [2.45, 2.75) is 43.5 Å². The molecule has 2 heterocycles. The van der Waals surface area contributed by atoms with Crippen molar-refractivity contribution in [3.05, 3.63) is 17.0 Å². The van der Waals surface area contributed by atoms with Gasteiger partial charge in [0.1, 0.15) is 4.21 Å². The van der Waals surface area contributed by atoms with Crippen LogP contribution in [0.3, 0.4) is 0 Å². The van der Waals surface area contributed by atoms with Crippen LogP contribution in [0.15, 0.2) is 16.3 Å². The van der Waals surface area contributed by atoms with E-state index in [1.165, 1.54) is 18.3 Å². The fourth-order valence-electron chi connectivity index (χ4n) is 3.31. The first-order valence-electron chi connectivity index (χ1n) is 9.46. The highest BCUT2D eigenvalue weighted by atomic mass is 32.2. The molecule has 27 heavy (non-hydrogen) atoms. The number of amides is 1. The lowest BCUT2D eigenvalue weighted by atomic mass is 10.2. The maximum absolute atomic E-state index is 13.3. The Morgan fingerprint density at radius 1 is 1.33 bits per heavy atom. The number of carbonyl (C=O) groups excluding carboxylic acids is 1. The molecule has 0 spiro atoms. The van der Waals surface area contributed by atoms with Gasteiger partial charge in [0, 0.05) is 37.5 Å². The lowest BCUT2D eigenvalue weighted by Gasteiger charge is -2.30. The van der Waals surface area contributed by atoms with Crippen molar-refractivity contribution < 1.29 is 13.2 Å². The highest BCUT2D eigenvalue weighted by molar-refractivity contribution is 7.91. The number of likely N-dealkylation sites (N-methyl/N-ethyl adjacent to an activating group) is 2. The Hall–Kier alpha value is -1.00. The molecule has 0 aromatic carbocycles. The summed E-state index contributed by atoms with van der Waals surface area (Å²) in [5, 5.41) is 2.72. The van der Waals surface area contributed by atoms with E-state index in [0.717, 1.165) is 30.8 Å². The van der Waals surface area contributed by atoms with Crippen LogP contribution >= 0.6 is 11.3 Å². The third-order valence-corrected chi connectivity index (χ3v) is 8.28. The fraction of sp³-hybridized carbons (Fsp3) is 0.722. The topological polar surface area (TPSA) is 73.0 Å². The summed E-state index contributed by atoms with van der Waals surface area (Å²) in [5.74, 6) is -0.124. The molecule has 1 unspecified atom stereocenters. The summed E-state index contributed by atoms with van der Waals surface area (Å²) < 4.78 is 28.6. The molecule has 154 valence electrons. The van der Waals surface area contributed by atoms with Crippen LogP contribution in [-0.2, 0) is 21.4 Å². The molecular weight excluding hydrogens is 384 g/mol. The van der Waals surface area contributed by atoms with Gasteiger partial charge in [-0.1, -0.05) is 6.92 Å². The van der Waals surface area contributed by atoms with E-state index in [4.69, 9.17) is 0 Å². The third-order valence-electron chi connectivity index (χ3n) is 4.86. The molecular formula is C18H32N4O3S2. The number of hydrogen-bond donors (Lipinski definition) is 1. The Labute approximate surface area is 167 Å². The Balaban J connectivity index is 2.17. The lowest BCUT2D eigenvalue weighted by molar-refractivity contribution is -0.119. The summed E-state index contributed by atoms with van der Waals surface area (Å²) >= 11 is 1.24. The van der Waals surface area contributed by atoms with Gasteiger partial charge in [0.2, 0.25) is 5.91 Å². The number of carbonyl (C=O) groups is 1. The van der Waals surface area contributed by atoms with E-state index in [1.54, 1.807) is 16.4 Å². The first kappa shape index (κ1) is 22.3. The molecule has 9 heteroatoms. The van der Waals surface area contributed by atoms with Gasteiger partial charge >= 0.3 is 0 Å². The van der Waals surface area contributed by atoms with Crippen LogP contribution in [0.5, 0.6) is 0 Å². The fourth-order valence-corrected chi connectivity index (χ4v) is 6.22. The molecule has 0 radical (unpaired) electrons. The standard InChI is InChI=1S/C18H32N4O3S2/c1-5-21-10-6-7-16(21)14-22(12-11-20(3)4)27(24,25)18-9-8-17(26-18)13-19-15(2)23/h8-9,16H,5-7,10-14H2,1-4H3,(H,19,23). The van der Waals surface area contributed by atoms with E-state index in [1.807, 2.05) is 19.0 Å². The van der Waals surface area contributed by atoms with Crippen LogP contribution in [0.4, 0.5) is 0 Å². The average molecular weight is 417 g/mol. The third kappa shape index (κ3) is 6.25. The minimum Gasteiger partial charge on any atom is -0.351 e. The molecule has 1 amide bonds. The quantitative estimate of drug-likeness (QED) is 0.625. The molecule has 0 aliphatic carbocycles. The van der Waals surface area contributed by atoms with Crippen LogP contribution in [0.25, 0.3) is 0 Å². The van der Waals surface area contributed by atoms with Gasteiger partial charge in [-0.15, -0.1) is 11.3 Å². The number of nitrogens with zero attached hydrogens (tertiary/aromatic N) is 3. The molecule has 1 aliphatic heterocycles. The van der Waals surface area contributed by atoms with Crippen molar-refractivity contribution in [1.82, 2.24) is 19.4 Å². The zero-order valence-corrected chi connectivity index (χ0v) is 18.4. The molecule has 1 N–H and O–H groups in total. The minimum absolute atomic E-state index is 0.124. The summed E-state index contributed by atoms with van der Waals surface area (Å²) in [4.78, 5) is 16.3. The molecule has 7 nitrogen and oxygen atoms in total. The van der Waals surface area contributed by atoms with Crippen LogP contribution in [0, 0.1) is 0 Å². The second-order valence-electron chi connectivity index (χ2n) is 7.22. The number of sulfonamides is 1. The Morgan fingerprint density at radius 3 is 2.70 bits per heavy atom. The second kappa shape index (κ2) is 9.97. The number of hydrogen-bond acceptors (Lipinski definition) is 6. The monoisotopic (exact) mass is 416 g/mol. The molecule has 1 aromatic heterocycles. The molecule has 2 rings (SSSR count). The molecule has 0 saturated carbocycles. The maximum atomic E-state index is 13.3. The number of rotatable bonds is 10. The van der Waals surface area contributed by atoms with Gasteiger partial charge in [-0.3, -0.25) is 9.69 Å². The van der Waals surface area contributed by atoms with Crippen LogP contribution in [0.2, 0.25) is 0 Å². The van der Waals surface area contributed by atoms with Crippen molar-refractivity contribution in [3.63, 3.8) is 0 Å². The van der Waals surface area contributed by atoms with E-state index in [-0.39, 0.29) is 11.9 Å². The maximum Gasteiger partial charge on any atom is 0.252 e. The largest absolute Gasteiger partial charge is 0.351 e. The van der Waals surface area contributed by atoms with Crippen LogP contribution in [-0.4, -0.2) is 81.3 Å². The Morgan fingerprint density at radius 2 is 2.07 bits per heavy atom. The highest BCUT2D eigenvalue weighted by Gasteiger charge is 2.32. The molecule has 0 bridgehead atoms. The SMILES string of the molecule is CCN1CCCC1CN(CCN(C)C)S(=O)(=O)c1ccc(CNC(C)=O)s1. The van der Waals surface area contributed by atoms with E-state index < -0.39 is 10.0 Å². The summed E-state index contributed by atoms with van der Waals surface area (Å²) in [6.45, 7) is 7.63. The van der Waals surface area contributed by atoms with Crippen molar-refractivity contribution in [2.24, 2.45) is 0 Å². The van der Waals surface area contributed by atoms with Gasteiger partial charge in [0.15, 0.2) is 0 Å². The van der Waals surface area contributed by atoms with Crippen LogP contribution < -0.4 is 5.32 Å². The Bertz CT molecular complexity index is 718. The Kier molecular flexibility index (Phi) is 8.23. The number of likely N-dealkylation sites (tertiary alicyclic amines) is 1. The van der Waals surface area contributed by atoms with Crippen molar-refractivity contribution >= 4 is 27.3 Å². The normalized spacial score (nSPS) is 18.5. The summed E-state index contributed by atoms with van der Waals surface area (Å²) in [7, 11) is 0.360. The first-order valence-corrected chi connectivity index (χ1v) is 11.7. The predicted molar refractivity (Wildman–Crippen MR) is 109 cm³/mol. The van der Waals surface area contributed by atoms with E-state index >= 15 is 0 Å². The molecule has 1 saturated heterocycles. The van der Waals surface area contributed by atoms with Gasteiger partial charge in [0.25, 0.3) is 10.0 Å². The molecule has 1 atom stereocenters. The number of nitrogens with one attached hydrogen (secondary N) is 1. The van der Waals surface area contributed by atoms with Gasteiger partial charge in [-0.25, -0.2) is 8.42 Å². The van der Waals surface area contributed by atoms with Gasteiger partial charge in [-0.05, 0) is 52.2 Å². The lowest BCUT2D eigenvalue weighted by Crippen LogP contribution is -2.45. The minimum atomic E-state index is -3.55. The molecule has 1 fully saturated rings. The smallest absolute Gasteiger partial charge is 0.252 e. The average Bonchev–Trinajstić information content (AvgIpc) is 3.25. The highest BCUT2D eigenvalue weighted by Crippen LogP contribution is 2.27. The summed E-state index contributed by atoms with van der Waals surface area (Å²) in [6, 6.07) is 3.73. The van der Waals surface area contributed by atoms with E-state index in [2.05, 4.69) is 17.1 Å².